The van der Waals surface area contributed by atoms with Gasteiger partial charge in [-0.3, -0.25) is 14.5 Å². The van der Waals surface area contributed by atoms with E-state index in [4.69, 9.17) is 17.0 Å². The molecule has 1 fully saturated rings. The highest BCUT2D eigenvalue weighted by Gasteiger charge is 2.31. The summed E-state index contributed by atoms with van der Waals surface area (Å²) in [5, 5.41) is 2.94. The number of thiocarbonyl (C=S) groups is 1. The van der Waals surface area contributed by atoms with Crippen LogP contribution in [0.2, 0.25) is 0 Å². The lowest BCUT2D eigenvalue weighted by atomic mass is 10.1. The minimum absolute atomic E-state index is 0.0496. The molecule has 31 heavy (non-hydrogen) atoms. The summed E-state index contributed by atoms with van der Waals surface area (Å²) in [7, 11) is 1.62. The van der Waals surface area contributed by atoms with E-state index in [0.29, 0.717) is 28.7 Å². The first-order valence-corrected chi connectivity index (χ1v) is 11.5. The third kappa shape index (κ3) is 6.94. The summed E-state index contributed by atoms with van der Waals surface area (Å²) in [6, 6.07) is 17.4. The molecular weight excluding hydrogens is 428 g/mol. The van der Waals surface area contributed by atoms with Crippen LogP contribution in [-0.2, 0) is 16.1 Å². The number of rotatable bonds is 10. The van der Waals surface area contributed by atoms with Gasteiger partial charge in [0.25, 0.3) is 5.91 Å². The molecule has 2 amide bonds. The van der Waals surface area contributed by atoms with E-state index in [2.05, 4.69) is 5.32 Å². The Balaban J connectivity index is 1.38. The van der Waals surface area contributed by atoms with Crippen LogP contribution in [0, 0.1) is 0 Å². The second kappa shape index (κ2) is 11.7. The number of benzene rings is 2. The fourth-order valence-electron chi connectivity index (χ4n) is 3.16. The van der Waals surface area contributed by atoms with Crippen molar-refractivity contribution in [2.75, 3.05) is 13.7 Å². The van der Waals surface area contributed by atoms with E-state index < -0.39 is 0 Å². The molecule has 1 heterocycles. The smallest absolute Gasteiger partial charge is 0.266 e. The average Bonchev–Trinajstić information content (AvgIpc) is 3.06. The summed E-state index contributed by atoms with van der Waals surface area (Å²) in [6.07, 6.45) is 4.82. The minimum atomic E-state index is -0.0496. The van der Waals surface area contributed by atoms with Crippen LogP contribution in [0.4, 0.5) is 0 Å². The van der Waals surface area contributed by atoms with Crippen LogP contribution in [0.25, 0.3) is 6.08 Å². The van der Waals surface area contributed by atoms with Gasteiger partial charge in [-0.25, -0.2) is 0 Å². The SMILES string of the molecule is COc1ccc(/C=C2\SC(=S)N(CCCCCC(=O)NCc3ccccc3)C2=O)cc1. The Morgan fingerprint density at radius 2 is 1.84 bits per heavy atom. The van der Waals surface area contributed by atoms with E-state index in [1.54, 1.807) is 12.0 Å². The fourth-order valence-corrected chi connectivity index (χ4v) is 4.47. The fraction of sp³-hybridized carbons (Fsp3) is 0.292. The molecule has 7 heteroatoms. The number of nitrogens with zero attached hydrogens (tertiary/aromatic N) is 1. The van der Waals surface area contributed by atoms with Crippen LogP contribution in [0.5, 0.6) is 5.75 Å². The van der Waals surface area contributed by atoms with Crippen LogP contribution >= 0.6 is 24.0 Å². The molecule has 0 atom stereocenters. The van der Waals surface area contributed by atoms with Crippen molar-refractivity contribution in [2.24, 2.45) is 0 Å². The van der Waals surface area contributed by atoms with Crippen LogP contribution < -0.4 is 10.1 Å². The summed E-state index contributed by atoms with van der Waals surface area (Å²) in [5.74, 6) is 0.779. The van der Waals surface area contributed by atoms with Crippen molar-refractivity contribution in [2.45, 2.75) is 32.2 Å². The predicted octanol–water partition coefficient (Wildman–Crippen LogP) is 4.77. The number of ether oxygens (including phenoxy) is 1. The molecule has 0 unspecified atom stereocenters. The molecule has 0 aromatic heterocycles. The van der Waals surface area contributed by atoms with Gasteiger partial charge in [0.15, 0.2) is 0 Å². The molecule has 0 bridgehead atoms. The van der Waals surface area contributed by atoms with E-state index in [9.17, 15) is 9.59 Å². The van der Waals surface area contributed by atoms with Crippen molar-refractivity contribution in [1.82, 2.24) is 10.2 Å². The lowest BCUT2D eigenvalue weighted by Gasteiger charge is -2.14. The molecule has 1 N–H and O–H groups in total. The Morgan fingerprint density at radius 3 is 2.55 bits per heavy atom. The van der Waals surface area contributed by atoms with Gasteiger partial charge in [-0.2, -0.15) is 0 Å². The molecule has 5 nitrogen and oxygen atoms in total. The largest absolute Gasteiger partial charge is 0.497 e. The first kappa shape index (κ1) is 23.0. The van der Waals surface area contributed by atoms with Gasteiger partial charge < -0.3 is 10.1 Å². The van der Waals surface area contributed by atoms with E-state index in [-0.39, 0.29) is 11.8 Å². The normalized spacial score (nSPS) is 14.9. The summed E-state index contributed by atoms with van der Waals surface area (Å²) in [5.41, 5.74) is 2.02. The molecule has 0 saturated carbocycles. The van der Waals surface area contributed by atoms with E-state index in [1.165, 1.54) is 11.8 Å². The van der Waals surface area contributed by atoms with Gasteiger partial charge in [-0.15, -0.1) is 0 Å². The Labute approximate surface area is 192 Å². The van der Waals surface area contributed by atoms with E-state index >= 15 is 0 Å². The molecule has 1 aliphatic rings. The molecule has 2 aromatic carbocycles. The molecule has 1 aliphatic heterocycles. The van der Waals surface area contributed by atoms with Crippen LogP contribution in [-0.4, -0.2) is 34.7 Å². The number of carbonyl (C=O) groups is 2. The number of unbranched alkanes of at least 4 members (excludes halogenated alkanes) is 2. The Morgan fingerprint density at radius 1 is 1.10 bits per heavy atom. The first-order chi connectivity index (χ1) is 15.1. The quantitative estimate of drug-likeness (QED) is 0.318. The highest BCUT2D eigenvalue weighted by molar-refractivity contribution is 8.26. The standard InChI is InChI=1S/C24H26N2O3S2/c1-29-20-13-11-18(12-14-20)16-21-23(28)26(24(30)31-21)15-7-3-6-10-22(27)25-17-19-8-4-2-5-9-19/h2,4-5,8-9,11-14,16H,3,6-7,10,15,17H2,1H3,(H,25,27)/b21-16-. The van der Waals surface area contributed by atoms with Gasteiger partial charge in [0.2, 0.25) is 5.91 Å². The zero-order chi connectivity index (χ0) is 22.1. The van der Waals surface area contributed by atoms with Gasteiger partial charge in [-0.05, 0) is 42.2 Å². The second-order valence-electron chi connectivity index (χ2n) is 7.18. The first-order valence-electron chi connectivity index (χ1n) is 10.3. The van der Waals surface area contributed by atoms with Crippen molar-refractivity contribution in [3.8, 4) is 5.75 Å². The highest BCUT2D eigenvalue weighted by atomic mass is 32.2. The molecular formula is C24H26N2O3S2. The summed E-state index contributed by atoms with van der Waals surface area (Å²) >= 11 is 6.73. The van der Waals surface area contributed by atoms with Crippen LogP contribution in [0.15, 0.2) is 59.5 Å². The molecule has 162 valence electrons. The number of amides is 2. The topological polar surface area (TPSA) is 58.6 Å². The van der Waals surface area contributed by atoms with Gasteiger partial charge in [0.1, 0.15) is 10.1 Å². The lowest BCUT2D eigenvalue weighted by molar-refractivity contribution is -0.123. The Bertz CT molecular complexity index is 943. The molecule has 3 rings (SSSR count). The predicted molar refractivity (Wildman–Crippen MR) is 130 cm³/mol. The highest BCUT2D eigenvalue weighted by Crippen LogP contribution is 2.33. The molecule has 0 radical (unpaired) electrons. The number of carbonyl (C=O) groups excluding carboxylic acids is 2. The van der Waals surface area contributed by atoms with Crippen molar-refractivity contribution >= 4 is 46.2 Å². The molecule has 2 aromatic rings. The third-order valence-corrected chi connectivity index (χ3v) is 6.28. The van der Waals surface area contributed by atoms with Crippen LogP contribution in [0.3, 0.4) is 0 Å². The van der Waals surface area contributed by atoms with Crippen LogP contribution in [0.1, 0.15) is 36.8 Å². The van der Waals surface area contributed by atoms with E-state index in [1.807, 2.05) is 60.7 Å². The molecule has 0 aliphatic carbocycles. The van der Waals surface area contributed by atoms with Gasteiger partial charge in [0.05, 0.1) is 12.0 Å². The second-order valence-corrected chi connectivity index (χ2v) is 8.86. The van der Waals surface area contributed by atoms with Crippen molar-refractivity contribution in [3.63, 3.8) is 0 Å². The van der Waals surface area contributed by atoms with Crippen molar-refractivity contribution in [3.05, 3.63) is 70.6 Å². The zero-order valence-electron chi connectivity index (χ0n) is 17.5. The van der Waals surface area contributed by atoms with E-state index in [0.717, 1.165) is 36.1 Å². The Kier molecular flexibility index (Phi) is 8.67. The van der Waals surface area contributed by atoms with Gasteiger partial charge in [0, 0.05) is 19.5 Å². The van der Waals surface area contributed by atoms with Crippen molar-refractivity contribution < 1.29 is 14.3 Å². The maximum Gasteiger partial charge on any atom is 0.266 e. The number of hydrogen-bond donors (Lipinski definition) is 1. The molecule has 0 spiro atoms. The third-order valence-electron chi connectivity index (χ3n) is 4.91. The minimum Gasteiger partial charge on any atom is -0.497 e. The zero-order valence-corrected chi connectivity index (χ0v) is 19.1. The van der Waals surface area contributed by atoms with Crippen molar-refractivity contribution in [1.29, 1.82) is 0 Å². The van der Waals surface area contributed by atoms with Gasteiger partial charge >= 0.3 is 0 Å². The molecule has 1 saturated heterocycles. The average molecular weight is 455 g/mol. The lowest BCUT2D eigenvalue weighted by Crippen LogP contribution is -2.29. The number of hydrogen-bond acceptors (Lipinski definition) is 5. The summed E-state index contributed by atoms with van der Waals surface area (Å²) in [6.45, 7) is 1.13. The number of nitrogens with one attached hydrogen (secondary N) is 1. The monoisotopic (exact) mass is 454 g/mol. The van der Waals surface area contributed by atoms with Gasteiger partial charge in [-0.1, -0.05) is 72.9 Å². The Hall–Kier alpha value is -2.64. The summed E-state index contributed by atoms with van der Waals surface area (Å²) in [4.78, 5) is 27.0. The summed E-state index contributed by atoms with van der Waals surface area (Å²) < 4.78 is 5.75. The number of thioether (sulfide) groups is 1. The maximum absolute atomic E-state index is 12.7. The maximum atomic E-state index is 12.7. The number of methoxy groups -OCH3 is 1.